The molecule has 1 saturated heterocycles. The van der Waals surface area contributed by atoms with E-state index in [9.17, 15) is 0 Å². The summed E-state index contributed by atoms with van der Waals surface area (Å²) in [6.07, 6.45) is 3.31. The maximum Gasteiger partial charge on any atom is 0.197 e. The van der Waals surface area contributed by atoms with Gasteiger partial charge in [0.05, 0.1) is 6.10 Å². The highest BCUT2D eigenvalue weighted by Crippen LogP contribution is 2.19. The maximum atomic E-state index is 5.61. The van der Waals surface area contributed by atoms with Gasteiger partial charge in [0, 0.05) is 37.3 Å². The summed E-state index contributed by atoms with van der Waals surface area (Å²) >= 11 is 1.60. The molecule has 0 aliphatic carbocycles. The second kappa shape index (κ2) is 5.58. The van der Waals surface area contributed by atoms with Gasteiger partial charge >= 0.3 is 0 Å². The lowest BCUT2D eigenvalue weighted by molar-refractivity contribution is 0.0669. The Hall–Kier alpha value is -0.690. The molecule has 0 spiro atoms. The van der Waals surface area contributed by atoms with Gasteiger partial charge in [0.1, 0.15) is 0 Å². The molecule has 1 aliphatic rings. The van der Waals surface area contributed by atoms with Crippen LogP contribution >= 0.6 is 11.3 Å². The first-order valence-corrected chi connectivity index (χ1v) is 6.35. The lowest BCUT2D eigenvalue weighted by Gasteiger charge is -2.20. The van der Waals surface area contributed by atoms with Crippen molar-refractivity contribution in [2.45, 2.75) is 26.0 Å². The first-order chi connectivity index (χ1) is 7.78. The van der Waals surface area contributed by atoms with Gasteiger partial charge in [0.2, 0.25) is 0 Å². The predicted octanol–water partition coefficient (Wildman–Crippen LogP) is 1.04. The Labute approximate surface area is 99.6 Å². The van der Waals surface area contributed by atoms with Crippen molar-refractivity contribution in [1.82, 2.24) is 9.88 Å². The van der Waals surface area contributed by atoms with Crippen LogP contribution < -0.4 is 11.3 Å². The van der Waals surface area contributed by atoms with Crippen molar-refractivity contribution >= 4 is 16.5 Å². The number of thiazole rings is 1. The molecule has 16 heavy (non-hydrogen) atoms. The van der Waals surface area contributed by atoms with Crippen molar-refractivity contribution in [1.29, 1.82) is 0 Å². The molecule has 0 saturated carbocycles. The molecule has 0 radical (unpaired) electrons. The fourth-order valence-electron chi connectivity index (χ4n) is 1.89. The fourth-order valence-corrected chi connectivity index (χ4v) is 2.66. The van der Waals surface area contributed by atoms with Gasteiger partial charge in [0.15, 0.2) is 5.13 Å². The molecule has 0 bridgehead atoms. The van der Waals surface area contributed by atoms with E-state index in [1.54, 1.807) is 11.3 Å². The van der Waals surface area contributed by atoms with Gasteiger partial charge in [-0.3, -0.25) is 10.3 Å². The molecular weight excluding hydrogens is 224 g/mol. The van der Waals surface area contributed by atoms with Crippen LogP contribution in [0.25, 0.3) is 0 Å². The van der Waals surface area contributed by atoms with E-state index < -0.39 is 0 Å². The number of hydrogen-bond acceptors (Lipinski definition) is 6. The van der Waals surface area contributed by atoms with Crippen LogP contribution in [-0.2, 0) is 11.3 Å². The minimum atomic E-state index is 0.322. The highest BCUT2D eigenvalue weighted by molar-refractivity contribution is 7.15. The summed E-state index contributed by atoms with van der Waals surface area (Å²) < 4.78 is 5.61. The number of rotatable bonds is 3. The molecule has 2 rings (SSSR count). The van der Waals surface area contributed by atoms with E-state index in [1.807, 2.05) is 6.20 Å². The second-order valence-electron chi connectivity index (χ2n) is 4.05. The van der Waals surface area contributed by atoms with Crippen molar-refractivity contribution in [3.05, 3.63) is 11.1 Å². The SMILES string of the molecule is CC1CN(Cc2cnc(NN)s2)CCCO1. The van der Waals surface area contributed by atoms with Gasteiger partial charge in [-0.1, -0.05) is 11.3 Å². The zero-order valence-corrected chi connectivity index (χ0v) is 10.3. The van der Waals surface area contributed by atoms with Crippen LogP contribution in [0.15, 0.2) is 6.20 Å². The van der Waals surface area contributed by atoms with Crippen molar-refractivity contribution in [3.63, 3.8) is 0 Å². The van der Waals surface area contributed by atoms with Gasteiger partial charge in [-0.05, 0) is 13.3 Å². The molecule has 90 valence electrons. The quantitative estimate of drug-likeness (QED) is 0.612. The van der Waals surface area contributed by atoms with Crippen LogP contribution in [0.5, 0.6) is 0 Å². The van der Waals surface area contributed by atoms with E-state index in [1.165, 1.54) is 4.88 Å². The molecule has 5 nitrogen and oxygen atoms in total. The predicted molar refractivity (Wildman–Crippen MR) is 65.2 cm³/mol. The number of ether oxygens (including phenoxy) is 1. The maximum absolute atomic E-state index is 5.61. The van der Waals surface area contributed by atoms with E-state index in [-0.39, 0.29) is 0 Å². The Morgan fingerprint density at radius 1 is 1.75 bits per heavy atom. The third-order valence-corrected chi connectivity index (χ3v) is 3.51. The molecule has 1 aromatic heterocycles. The minimum Gasteiger partial charge on any atom is -0.377 e. The molecule has 1 aliphatic heterocycles. The standard InChI is InChI=1S/C10H18N4OS/c1-8-6-14(3-2-4-15-8)7-9-5-12-10(13-11)16-9/h5,8H,2-4,6-7,11H2,1H3,(H,12,13). The van der Waals surface area contributed by atoms with Gasteiger partial charge in [-0.15, -0.1) is 0 Å². The van der Waals surface area contributed by atoms with Gasteiger partial charge < -0.3 is 4.74 Å². The Kier molecular flexibility index (Phi) is 4.11. The van der Waals surface area contributed by atoms with E-state index in [2.05, 4.69) is 22.2 Å². The lowest BCUT2D eigenvalue weighted by Crippen LogP contribution is -2.29. The molecule has 0 aromatic carbocycles. The van der Waals surface area contributed by atoms with Crippen LogP contribution in [-0.4, -0.2) is 35.7 Å². The minimum absolute atomic E-state index is 0.322. The summed E-state index contributed by atoms with van der Waals surface area (Å²) in [6.45, 7) is 6.01. The molecule has 6 heteroatoms. The first kappa shape index (κ1) is 11.8. The van der Waals surface area contributed by atoms with E-state index in [0.717, 1.165) is 37.8 Å². The largest absolute Gasteiger partial charge is 0.377 e. The number of anilines is 1. The molecular formula is C10H18N4OS. The van der Waals surface area contributed by atoms with Crippen LogP contribution in [0.1, 0.15) is 18.2 Å². The monoisotopic (exact) mass is 242 g/mol. The average molecular weight is 242 g/mol. The third kappa shape index (κ3) is 3.15. The summed E-state index contributed by atoms with van der Waals surface area (Å²) in [5.74, 6) is 5.31. The summed E-state index contributed by atoms with van der Waals surface area (Å²) in [7, 11) is 0. The number of aromatic nitrogens is 1. The van der Waals surface area contributed by atoms with Gasteiger partial charge in [-0.2, -0.15) is 0 Å². The normalized spacial score (nSPS) is 23.0. The van der Waals surface area contributed by atoms with Crippen LogP contribution in [0, 0.1) is 0 Å². The smallest absolute Gasteiger partial charge is 0.197 e. The number of hydrazine groups is 1. The highest BCUT2D eigenvalue weighted by atomic mass is 32.1. The zero-order chi connectivity index (χ0) is 11.4. The molecule has 2 heterocycles. The molecule has 1 fully saturated rings. The molecule has 3 N–H and O–H groups in total. The highest BCUT2D eigenvalue weighted by Gasteiger charge is 2.15. The third-order valence-electron chi connectivity index (χ3n) is 2.59. The lowest BCUT2D eigenvalue weighted by atomic mass is 10.3. The number of hydrogen-bond donors (Lipinski definition) is 2. The van der Waals surface area contributed by atoms with Crippen molar-refractivity contribution in [3.8, 4) is 0 Å². The summed E-state index contributed by atoms with van der Waals surface area (Å²) in [5.41, 5.74) is 2.57. The molecule has 1 atom stereocenters. The summed E-state index contributed by atoms with van der Waals surface area (Å²) in [5, 5.41) is 0.772. The molecule has 0 amide bonds. The van der Waals surface area contributed by atoms with Crippen molar-refractivity contribution in [2.75, 3.05) is 25.1 Å². The van der Waals surface area contributed by atoms with Gasteiger partial charge in [0.25, 0.3) is 0 Å². The van der Waals surface area contributed by atoms with Crippen molar-refractivity contribution < 1.29 is 4.74 Å². The zero-order valence-electron chi connectivity index (χ0n) is 9.48. The second-order valence-corrected chi connectivity index (χ2v) is 5.16. The van der Waals surface area contributed by atoms with Crippen LogP contribution in [0.3, 0.4) is 0 Å². The van der Waals surface area contributed by atoms with Crippen LogP contribution in [0.4, 0.5) is 5.13 Å². The van der Waals surface area contributed by atoms with Crippen LogP contribution in [0.2, 0.25) is 0 Å². The Morgan fingerprint density at radius 3 is 3.38 bits per heavy atom. The number of nitrogens with two attached hydrogens (primary N) is 1. The Balaban J connectivity index is 1.92. The topological polar surface area (TPSA) is 63.4 Å². The van der Waals surface area contributed by atoms with E-state index >= 15 is 0 Å². The summed E-state index contributed by atoms with van der Waals surface area (Å²) in [4.78, 5) is 7.81. The van der Waals surface area contributed by atoms with Gasteiger partial charge in [-0.25, -0.2) is 10.8 Å². The number of nitrogens with zero attached hydrogens (tertiary/aromatic N) is 2. The first-order valence-electron chi connectivity index (χ1n) is 5.53. The van der Waals surface area contributed by atoms with Crippen molar-refractivity contribution in [2.24, 2.45) is 5.84 Å². The molecule has 1 aromatic rings. The number of nitrogens with one attached hydrogen (secondary N) is 1. The van der Waals surface area contributed by atoms with E-state index in [0.29, 0.717) is 6.10 Å². The Morgan fingerprint density at radius 2 is 2.62 bits per heavy atom. The average Bonchev–Trinajstić information content (AvgIpc) is 2.62. The van der Waals surface area contributed by atoms with E-state index in [4.69, 9.17) is 10.6 Å². The summed E-state index contributed by atoms with van der Waals surface area (Å²) in [6, 6.07) is 0. The number of nitrogen functional groups attached to an aromatic ring is 1. The molecule has 1 unspecified atom stereocenters. The Bertz CT molecular complexity index is 330. The fraction of sp³-hybridized carbons (Fsp3) is 0.700.